The molecular weight excluding hydrogens is 278 g/mol. The molecule has 5 nitrogen and oxygen atoms in total. The zero-order chi connectivity index (χ0) is 15.1. The number of anilines is 1. The molecule has 1 aromatic heterocycles. The molecule has 0 fully saturated rings. The third kappa shape index (κ3) is 1.96. The second kappa shape index (κ2) is 5.25. The molecule has 0 bridgehead atoms. The van der Waals surface area contributed by atoms with Crippen molar-refractivity contribution in [2.75, 3.05) is 18.1 Å². The van der Waals surface area contributed by atoms with Crippen LogP contribution in [0.3, 0.4) is 0 Å². The minimum absolute atomic E-state index is 0.00102. The lowest BCUT2D eigenvalue weighted by Crippen LogP contribution is -2.30. The standard InChI is InChI=1S/C17H19N3O2/c1-2-20-15-8-10-22-11-13(15)16(18-20)17(21)19-9-7-12-5-3-4-6-14(12)19/h3-6H,2,7-11H2,1H3. The predicted octanol–water partition coefficient (Wildman–Crippen LogP) is 2.18. The van der Waals surface area contributed by atoms with E-state index in [4.69, 9.17) is 4.74 Å². The summed E-state index contributed by atoms with van der Waals surface area (Å²) in [6, 6.07) is 8.10. The molecule has 3 heterocycles. The molecule has 22 heavy (non-hydrogen) atoms. The largest absolute Gasteiger partial charge is 0.376 e. The van der Waals surface area contributed by atoms with Crippen molar-refractivity contribution in [3.8, 4) is 0 Å². The van der Waals surface area contributed by atoms with Gasteiger partial charge >= 0.3 is 0 Å². The molecule has 0 aliphatic carbocycles. The van der Waals surface area contributed by atoms with E-state index in [0.717, 1.165) is 42.9 Å². The lowest BCUT2D eigenvalue weighted by atomic mass is 10.1. The number of aryl methyl sites for hydroxylation is 1. The molecule has 1 aromatic carbocycles. The first-order valence-corrected chi connectivity index (χ1v) is 7.85. The zero-order valence-corrected chi connectivity index (χ0v) is 12.7. The van der Waals surface area contributed by atoms with E-state index in [1.165, 1.54) is 5.56 Å². The highest BCUT2D eigenvalue weighted by molar-refractivity contribution is 6.07. The van der Waals surface area contributed by atoms with Gasteiger partial charge in [0.15, 0.2) is 5.69 Å². The number of hydrogen-bond donors (Lipinski definition) is 0. The number of rotatable bonds is 2. The van der Waals surface area contributed by atoms with Crippen LogP contribution in [0.25, 0.3) is 0 Å². The number of amides is 1. The normalized spacial score (nSPS) is 16.5. The molecule has 0 saturated carbocycles. The molecule has 0 spiro atoms. The lowest BCUT2D eigenvalue weighted by Gasteiger charge is -2.18. The van der Waals surface area contributed by atoms with Crippen molar-refractivity contribution >= 4 is 11.6 Å². The van der Waals surface area contributed by atoms with Crippen molar-refractivity contribution in [2.45, 2.75) is 32.9 Å². The Labute approximate surface area is 129 Å². The van der Waals surface area contributed by atoms with Crippen LogP contribution in [0.1, 0.15) is 34.2 Å². The number of hydrogen-bond acceptors (Lipinski definition) is 3. The summed E-state index contributed by atoms with van der Waals surface area (Å²) >= 11 is 0. The Bertz CT molecular complexity index is 736. The highest BCUT2D eigenvalue weighted by Crippen LogP contribution is 2.30. The van der Waals surface area contributed by atoms with E-state index < -0.39 is 0 Å². The van der Waals surface area contributed by atoms with Crippen molar-refractivity contribution in [1.29, 1.82) is 0 Å². The molecule has 0 saturated heterocycles. The topological polar surface area (TPSA) is 47.4 Å². The molecule has 0 unspecified atom stereocenters. The molecular formula is C17H19N3O2. The Hall–Kier alpha value is -2.14. The van der Waals surface area contributed by atoms with Crippen LogP contribution in [0, 0.1) is 0 Å². The van der Waals surface area contributed by atoms with Crippen molar-refractivity contribution in [1.82, 2.24) is 9.78 Å². The van der Waals surface area contributed by atoms with Gasteiger partial charge in [0, 0.05) is 36.5 Å². The second-order valence-electron chi connectivity index (χ2n) is 5.73. The Morgan fingerprint density at radius 1 is 1.32 bits per heavy atom. The van der Waals surface area contributed by atoms with Crippen LogP contribution in [0.4, 0.5) is 5.69 Å². The maximum atomic E-state index is 13.0. The van der Waals surface area contributed by atoms with Gasteiger partial charge in [-0.1, -0.05) is 18.2 Å². The molecule has 1 amide bonds. The molecule has 0 atom stereocenters. The molecule has 0 N–H and O–H groups in total. The van der Waals surface area contributed by atoms with Crippen LogP contribution >= 0.6 is 0 Å². The molecule has 2 aliphatic rings. The van der Waals surface area contributed by atoms with Gasteiger partial charge in [0.05, 0.1) is 13.2 Å². The summed E-state index contributed by atoms with van der Waals surface area (Å²) < 4.78 is 7.50. The van der Waals surface area contributed by atoms with Crippen molar-refractivity contribution < 1.29 is 9.53 Å². The van der Waals surface area contributed by atoms with Crippen molar-refractivity contribution in [3.63, 3.8) is 0 Å². The molecule has 2 aromatic rings. The van der Waals surface area contributed by atoms with E-state index >= 15 is 0 Å². The summed E-state index contributed by atoms with van der Waals surface area (Å²) in [6.45, 7) is 4.77. The van der Waals surface area contributed by atoms with E-state index in [2.05, 4.69) is 18.1 Å². The average Bonchev–Trinajstić information content (AvgIpc) is 3.16. The molecule has 0 radical (unpaired) electrons. The molecule has 114 valence electrons. The van der Waals surface area contributed by atoms with Gasteiger partial charge in [-0.15, -0.1) is 0 Å². The Balaban J connectivity index is 1.74. The van der Waals surface area contributed by atoms with Gasteiger partial charge in [0.2, 0.25) is 0 Å². The third-order valence-corrected chi connectivity index (χ3v) is 4.53. The minimum Gasteiger partial charge on any atom is -0.376 e. The predicted molar refractivity (Wildman–Crippen MR) is 83.1 cm³/mol. The number of ether oxygens (including phenoxy) is 1. The summed E-state index contributed by atoms with van der Waals surface area (Å²) in [5, 5.41) is 4.57. The fraction of sp³-hybridized carbons (Fsp3) is 0.412. The van der Waals surface area contributed by atoms with Gasteiger partial charge in [-0.2, -0.15) is 5.10 Å². The minimum atomic E-state index is -0.00102. The number of aromatic nitrogens is 2. The van der Waals surface area contributed by atoms with Crippen LogP contribution in [0.15, 0.2) is 24.3 Å². The summed E-state index contributed by atoms with van der Waals surface area (Å²) in [5.74, 6) is -0.00102. The quantitative estimate of drug-likeness (QED) is 0.853. The number of nitrogens with zero attached hydrogens (tertiary/aromatic N) is 3. The van der Waals surface area contributed by atoms with E-state index in [1.807, 2.05) is 27.8 Å². The van der Waals surface area contributed by atoms with Crippen LogP contribution < -0.4 is 4.90 Å². The number of benzene rings is 1. The number of para-hydroxylation sites is 1. The number of carbonyl (C=O) groups excluding carboxylic acids is 1. The van der Waals surface area contributed by atoms with Gasteiger partial charge in [-0.25, -0.2) is 0 Å². The summed E-state index contributed by atoms with van der Waals surface area (Å²) in [5.41, 5.74) is 4.94. The summed E-state index contributed by atoms with van der Waals surface area (Å²) in [7, 11) is 0. The van der Waals surface area contributed by atoms with Crippen LogP contribution in [-0.4, -0.2) is 28.8 Å². The molecule has 5 heteroatoms. The summed E-state index contributed by atoms with van der Waals surface area (Å²) in [6.07, 6.45) is 1.75. The van der Waals surface area contributed by atoms with Gasteiger partial charge in [0.25, 0.3) is 5.91 Å². The van der Waals surface area contributed by atoms with Gasteiger partial charge in [-0.05, 0) is 25.0 Å². The zero-order valence-electron chi connectivity index (χ0n) is 12.7. The Kier molecular flexibility index (Phi) is 3.22. The second-order valence-corrected chi connectivity index (χ2v) is 5.73. The average molecular weight is 297 g/mol. The van der Waals surface area contributed by atoms with Crippen LogP contribution in [0.2, 0.25) is 0 Å². The monoisotopic (exact) mass is 297 g/mol. The summed E-state index contributed by atoms with van der Waals surface area (Å²) in [4.78, 5) is 14.9. The van der Waals surface area contributed by atoms with Gasteiger partial charge in [-0.3, -0.25) is 9.48 Å². The SMILES string of the molecule is CCn1nc(C(=O)N2CCc3ccccc32)c2c1CCOC2. The Morgan fingerprint density at radius 2 is 2.18 bits per heavy atom. The first-order valence-electron chi connectivity index (χ1n) is 7.85. The fourth-order valence-electron chi connectivity index (χ4n) is 3.42. The van der Waals surface area contributed by atoms with Crippen LogP contribution in [0.5, 0.6) is 0 Å². The van der Waals surface area contributed by atoms with Gasteiger partial charge < -0.3 is 9.64 Å². The first kappa shape index (κ1) is 13.5. The number of carbonyl (C=O) groups is 1. The van der Waals surface area contributed by atoms with E-state index in [-0.39, 0.29) is 5.91 Å². The lowest BCUT2D eigenvalue weighted by molar-refractivity contribution is 0.0957. The fourth-order valence-corrected chi connectivity index (χ4v) is 3.42. The Morgan fingerprint density at radius 3 is 3.05 bits per heavy atom. The van der Waals surface area contributed by atoms with Crippen LogP contribution in [-0.2, 0) is 30.7 Å². The maximum Gasteiger partial charge on any atom is 0.279 e. The van der Waals surface area contributed by atoms with E-state index in [9.17, 15) is 4.79 Å². The smallest absolute Gasteiger partial charge is 0.279 e. The highest BCUT2D eigenvalue weighted by atomic mass is 16.5. The number of fused-ring (bicyclic) bond motifs is 2. The van der Waals surface area contributed by atoms with E-state index in [1.54, 1.807) is 0 Å². The van der Waals surface area contributed by atoms with Crippen molar-refractivity contribution in [2.24, 2.45) is 0 Å². The first-order chi connectivity index (χ1) is 10.8. The van der Waals surface area contributed by atoms with E-state index in [0.29, 0.717) is 18.9 Å². The van der Waals surface area contributed by atoms with Gasteiger partial charge in [0.1, 0.15) is 0 Å². The third-order valence-electron chi connectivity index (χ3n) is 4.53. The highest BCUT2D eigenvalue weighted by Gasteiger charge is 2.31. The molecule has 4 rings (SSSR count). The maximum absolute atomic E-state index is 13.0. The molecule has 2 aliphatic heterocycles. The van der Waals surface area contributed by atoms with Crippen molar-refractivity contribution in [3.05, 3.63) is 46.8 Å².